The summed E-state index contributed by atoms with van der Waals surface area (Å²) in [6, 6.07) is 3.40. The van der Waals surface area contributed by atoms with Crippen LogP contribution in [0.15, 0.2) is 39.3 Å². The zero-order valence-corrected chi connectivity index (χ0v) is 19.0. The topological polar surface area (TPSA) is 70.7 Å². The van der Waals surface area contributed by atoms with Crippen molar-refractivity contribution in [2.75, 3.05) is 0 Å². The molecule has 4 nitrogen and oxygen atoms in total. The van der Waals surface area contributed by atoms with E-state index in [1.807, 2.05) is 19.9 Å². The zero-order chi connectivity index (χ0) is 21.7. The highest BCUT2D eigenvalue weighted by molar-refractivity contribution is 5.31. The third kappa shape index (κ3) is 2.97. The summed E-state index contributed by atoms with van der Waals surface area (Å²) in [5, 5.41) is 22.3. The van der Waals surface area contributed by atoms with Gasteiger partial charge in [0.2, 0.25) is 0 Å². The van der Waals surface area contributed by atoms with Gasteiger partial charge >= 0.3 is 5.63 Å². The molecule has 2 N–H and O–H groups in total. The second-order valence-corrected chi connectivity index (χ2v) is 10.3. The minimum Gasteiger partial charge on any atom is -0.431 e. The summed E-state index contributed by atoms with van der Waals surface area (Å²) >= 11 is 0. The van der Waals surface area contributed by atoms with Crippen LogP contribution >= 0.6 is 0 Å². The van der Waals surface area contributed by atoms with Gasteiger partial charge in [-0.2, -0.15) is 0 Å². The van der Waals surface area contributed by atoms with E-state index in [0.717, 1.165) is 56.9 Å². The molecule has 1 aromatic rings. The van der Waals surface area contributed by atoms with Crippen molar-refractivity contribution in [2.45, 2.75) is 96.7 Å². The van der Waals surface area contributed by atoms with E-state index >= 15 is 0 Å². The summed E-state index contributed by atoms with van der Waals surface area (Å²) in [5.41, 5.74) is 1.45. The van der Waals surface area contributed by atoms with Crippen LogP contribution in [0.5, 0.6) is 0 Å². The highest BCUT2D eigenvalue weighted by Crippen LogP contribution is 2.70. The van der Waals surface area contributed by atoms with Gasteiger partial charge in [-0.3, -0.25) is 0 Å². The summed E-state index contributed by atoms with van der Waals surface area (Å²) in [5.74, 6) is 1.04. The fraction of sp³-hybridized carbons (Fsp3) is 0.731. The largest absolute Gasteiger partial charge is 0.431 e. The molecule has 0 aliphatic heterocycles. The summed E-state index contributed by atoms with van der Waals surface area (Å²) in [7, 11) is 0. The Bertz CT molecular complexity index is 852. The molecule has 0 aromatic carbocycles. The lowest BCUT2D eigenvalue weighted by Gasteiger charge is -2.61. The van der Waals surface area contributed by atoms with Crippen molar-refractivity contribution < 1.29 is 14.6 Å². The molecule has 0 amide bonds. The van der Waals surface area contributed by atoms with Gasteiger partial charge in [-0.05, 0) is 86.2 Å². The molecule has 1 aromatic heterocycles. The van der Waals surface area contributed by atoms with Gasteiger partial charge in [0.15, 0.2) is 0 Å². The quantitative estimate of drug-likeness (QED) is 0.621. The Hall–Kier alpha value is -1.39. The van der Waals surface area contributed by atoms with Gasteiger partial charge in [0.05, 0.1) is 18.0 Å². The lowest BCUT2D eigenvalue weighted by Crippen LogP contribution is -2.60. The Labute approximate surface area is 180 Å². The summed E-state index contributed by atoms with van der Waals surface area (Å²) < 4.78 is 5.16. The maximum Gasteiger partial charge on any atom is 0.335 e. The molecule has 7 unspecified atom stereocenters. The fourth-order valence-electron chi connectivity index (χ4n) is 7.78. The number of aliphatic hydroxyl groups excluding tert-OH is 1. The monoisotopic (exact) mass is 414 g/mol. The molecule has 30 heavy (non-hydrogen) atoms. The molecule has 0 bridgehead atoms. The van der Waals surface area contributed by atoms with E-state index in [4.69, 9.17) is 4.42 Å². The van der Waals surface area contributed by atoms with Crippen molar-refractivity contribution in [3.05, 3.63) is 46.0 Å². The van der Waals surface area contributed by atoms with Crippen molar-refractivity contribution in [3.63, 3.8) is 0 Å². The molecular weight excluding hydrogens is 376 g/mol. The van der Waals surface area contributed by atoms with E-state index in [9.17, 15) is 15.0 Å². The number of hydrogen-bond donors (Lipinski definition) is 2. The Balaban J connectivity index is 0.00000106. The van der Waals surface area contributed by atoms with Crippen molar-refractivity contribution >= 4 is 0 Å². The maximum absolute atomic E-state index is 12.1. The third-order valence-electron chi connectivity index (χ3n) is 9.40. The van der Waals surface area contributed by atoms with E-state index in [-0.39, 0.29) is 28.5 Å². The van der Waals surface area contributed by atoms with Crippen LogP contribution in [0.25, 0.3) is 0 Å². The lowest BCUT2D eigenvalue weighted by molar-refractivity contribution is -0.178. The number of aliphatic hydroxyl groups is 2. The average Bonchev–Trinajstić information content (AvgIpc) is 3.02. The minimum atomic E-state index is -0.665. The SMILES string of the molecule is CC.CC12CCC(O)C=C1CCC1C2CCC2(C)C(c3ccc(=O)oc3)CCC12O. The van der Waals surface area contributed by atoms with E-state index in [1.54, 1.807) is 6.26 Å². The van der Waals surface area contributed by atoms with Gasteiger partial charge in [-0.15, -0.1) is 0 Å². The van der Waals surface area contributed by atoms with E-state index in [1.165, 1.54) is 11.6 Å². The van der Waals surface area contributed by atoms with Gasteiger partial charge in [0.1, 0.15) is 0 Å². The van der Waals surface area contributed by atoms with Crippen LogP contribution in [0.3, 0.4) is 0 Å². The first-order chi connectivity index (χ1) is 14.3. The fourth-order valence-corrected chi connectivity index (χ4v) is 7.78. The van der Waals surface area contributed by atoms with Gasteiger partial charge in [0, 0.05) is 11.5 Å². The van der Waals surface area contributed by atoms with Gasteiger partial charge < -0.3 is 14.6 Å². The first kappa shape index (κ1) is 21.8. The van der Waals surface area contributed by atoms with Crippen LogP contribution in [0.2, 0.25) is 0 Å². The highest BCUT2D eigenvalue weighted by Gasteiger charge is 2.66. The second kappa shape index (κ2) is 7.63. The minimum absolute atomic E-state index is 0.122. The summed E-state index contributed by atoms with van der Waals surface area (Å²) in [6.07, 6.45) is 11.2. The molecule has 4 aliphatic rings. The predicted molar refractivity (Wildman–Crippen MR) is 118 cm³/mol. The first-order valence-electron chi connectivity index (χ1n) is 12.0. The smallest absolute Gasteiger partial charge is 0.335 e. The van der Waals surface area contributed by atoms with Crippen molar-refractivity contribution in [2.24, 2.45) is 22.7 Å². The molecule has 1 heterocycles. The maximum atomic E-state index is 12.1. The van der Waals surface area contributed by atoms with Crippen molar-refractivity contribution in [1.29, 1.82) is 0 Å². The van der Waals surface area contributed by atoms with Gasteiger partial charge in [-0.1, -0.05) is 39.3 Å². The van der Waals surface area contributed by atoms with Crippen molar-refractivity contribution in [1.82, 2.24) is 0 Å². The number of rotatable bonds is 1. The molecule has 0 radical (unpaired) electrons. The van der Waals surface area contributed by atoms with Crippen LogP contribution in [0.1, 0.15) is 90.5 Å². The molecule has 3 fully saturated rings. The molecular formula is C26H38O4. The lowest BCUT2D eigenvalue weighted by atomic mass is 9.45. The Morgan fingerprint density at radius 1 is 1.00 bits per heavy atom. The van der Waals surface area contributed by atoms with E-state index in [2.05, 4.69) is 19.9 Å². The molecule has 7 atom stereocenters. The number of hydrogen-bond acceptors (Lipinski definition) is 4. The van der Waals surface area contributed by atoms with Crippen LogP contribution < -0.4 is 5.63 Å². The predicted octanol–water partition coefficient (Wildman–Crippen LogP) is 5.19. The number of fused-ring (bicyclic) bond motifs is 5. The third-order valence-corrected chi connectivity index (χ3v) is 9.40. The van der Waals surface area contributed by atoms with Crippen LogP contribution in [0, 0.1) is 22.7 Å². The Kier molecular flexibility index (Phi) is 5.55. The van der Waals surface area contributed by atoms with Crippen molar-refractivity contribution in [3.8, 4) is 0 Å². The van der Waals surface area contributed by atoms with Crippen LogP contribution in [-0.2, 0) is 0 Å². The van der Waals surface area contributed by atoms with Crippen LogP contribution in [0.4, 0.5) is 0 Å². The molecule has 0 spiro atoms. The summed E-state index contributed by atoms with van der Waals surface area (Å²) in [6.45, 7) is 8.65. The average molecular weight is 415 g/mol. The molecule has 5 rings (SSSR count). The number of allylic oxidation sites excluding steroid dienone is 1. The first-order valence-corrected chi connectivity index (χ1v) is 12.0. The molecule has 4 aliphatic carbocycles. The Morgan fingerprint density at radius 2 is 1.77 bits per heavy atom. The van der Waals surface area contributed by atoms with E-state index < -0.39 is 5.60 Å². The molecule has 3 saturated carbocycles. The van der Waals surface area contributed by atoms with Crippen LogP contribution in [-0.4, -0.2) is 21.9 Å². The standard InChI is InChI=1S/C24H32O4.C2H6/c1-22-10-7-17(25)13-16(22)4-5-20-19(22)8-11-23(2)18(9-12-24(20,23)27)15-3-6-21(26)28-14-15;1-2/h3,6,13-14,17-20,25,27H,4-5,7-12H2,1-2H3;1-2H3. The van der Waals surface area contributed by atoms with Gasteiger partial charge in [0.25, 0.3) is 0 Å². The second-order valence-electron chi connectivity index (χ2n) is 10.3. The molecule has 4 heteroatoms. The summed E-state index contributed by atoms with van der Waals surface area (Å²) in [4.78, 5) is 11.4. The molecule has 166 valence electrons. The normalized spacial score (nSPS) is 44.7. The van der Waals surface area contributed by atoms with E-state index in [0.29, 0.717) is 11.8 Å². The Morgan fingerprint density at radius 3 is 2.47 bits per heavy atom. The molecule has 0 saturated heterocycles. The zero-order valence-electron chi connectivity index (χ0n) is 19.0. The highest BCUT2D eigenvalue weighted by atomic mass is 16.4. The van der Waals surface area contributed by atoms with Gasteiger partial charge in [-0.25, -0.2) is 4.79 Å².